The zero-order valence-electron chi connectivity index (χ0n) is 12.8. The predicted octanol–water partition coefficient (Wildman–Crippen LogP) is 1.87. The maximum atomic E-state index is 11.8. The van der Waals surface area contributed by atoms with Crippen LogP contribution in [0.4, 0.5) is 0 Å². The molecule has 5 nitrogen and oxygen atoms in total. The van der Waals surface area contributed by atoms with Crippen molar-refractivity contribution in [3.05, 3.63) is 29.8 Å². The molecular formula is C14H22N2O3S2. The zero-order valence-corrected chi connectivity index (χ0v) is 14.4. The molecule has 1 rings (SSSR count). The van der Waals surface area contributed by atoms with Gasteiger partial charge in [0.05, 0.1) is 18.8 Å². The molecule has 0 spiro atoms. The SMILES string of the molecule is CCSc1ccc(C(C)NC(=O)CN(C)S(C)(=O)=O)cc1. The van der Waals surface area contributed by atoms with Gasteiger partial charge in [-0.25, -0.2) is 8.42 Å². The lowest BCUT2D eigenvalue weighted by Crippen LogP contribution is -2.38. The monoisotopic (exact) mass is 330 g/mol. The molecule has 0 saturated heterocycles. The number of hydrogen-bond acceptors (Lipinski definition) is 4. The minimum atomic E-state index is -3.34. The fourth-order valence-corrected chi connectivity index (χ4v) is 2.72. The van der Waals surface area contributed by atoms with Crippen LogP contribution >= 0.6 is 11.8 Å². The van der Waals surface area contributed by atoms with Crippen LogP contribution in [0, 0.1) is 0 Å². The lowest BCUT2D eigenvalue weighted by molar-refractivity contribution is -0.121. The molecule has 0 fully saturated rings. The highest BCUT2D eigenvalue weighted by molar-refractivity contribution is 7.99. The highest BCUT2D eigenvalue weighted by Crippen LogP contribution is 2.20. The Hall–Kier alpha value is -1.05. The Bertz CT molecular complexity index is 570. The van der Waals surface area contributed by atoms with E-state index in [2.05, 4.69) is 12.2 Å². The molecule has 0 bridgehead atoms. The van der Waals surface area contributed by atoms with E-state index in [1.54, 1.807) is 11.8 Å². The molecule has 1 atom stereocenters. The second-order valence-corrected chi connectivity index (χ2v) is 8.24. The first-order valence-electron chi connectivity index (χ1n) is 6.67. The van der Waals surface area contributed by atoms with Gasteiger partial charge in [-0.05, 0) is 30.4 Å². The van der Waals surface area contributed by atoms with Crippen molar-refractivity contribution in [2.45, 2.75) is 24.8 Å². The highest BCUT2D eigenvalue weighted by atomic mass is 32.2. The average molecular weight is 330 g/mol. The van der Waals surface area contributed by atoms with Crippen molar-refractivity contribution in [2.24, 2.45) is 0 Å². The average Bonchev–Trinajstić information content (AvgIpc) is 2.38. The van der Waals surface area contributed by atoms with Gasteiger partial charge in [0, 0.05) is 11.9 Å². The summed E-state index contributed by atoms with van der Waals surface area (Å²) in [6.45, 7) is 3.80. The summed E-state index contributed by atoms with van der Waals surface area (Å²) in [6, 6.07) is 7.84. The second-order valence-electron chi connectivity index (χ2n) is 4.81. The summed E-state index contributed by atoms with van der Waals surface area (Å²) >= 11 is 1.76. The van der Waals surface area contributed by atoms with Crippen LogP contribution in [0.2, 0.25) is 0 Å². The summed E-state index contributed by atoms with van der Waals surface area (Å²) in [4.78, 5) is 13.0. The van der Waals surface area contributed by atoms with E-state index >= 15 is 0 Å². The fraction of sp³-hybridized carbons (Fsp3) is 0.500. The van der Waals surface area contributed by atoms with Crippen LogP contribution in [0.1, 0.15) is 25.5 Å². The van der Waals surface area contributed by atoms with Crippen molar-refractivity contribution >= 4 is 27.7 Å². The Balaban J connectivity index is 2.60. The van der Waals surface area contributed by atoms with Crippen LogP contribution in [0.25, 0.3) is 0 Å². The number of carbonyl (C=O) groups excluding carboxylic acids is 1. The maximum Gasteiger partial charge on any atom is 0.235 e. The summed E-state index contributed by atoms with van der Waals surface area (Å²) in [7, 11) is -1.96. The minimum absolute atomic E-state index is 0.161. The Labute approximate surface area is 131 Å². The third-order valence-corrected chi connectivity index (χ3v) is 5.16. The standard InChI is InChI=1S/C14H22N2O3S2/c1-5-20-13-8-6-12(7-9-13)11(2)15-14(17)10-16(3)21(4,18)19/h6-9,11H,5,10H2,1-4H3,(H,15,17). The van der Waals surface area contributed by atoms with E-state index in [9.17, 15) is 13.2 Å². The molecule has 0 aromatic heterocycles. The quantitative estimate of drug-likeness (QED) is 0.775. The van der Waals surface area contributed by atoms with Gasteiger partial charge in [0.25, 0.3) is 0 Å². The molecule has 1 N–H and O–H groups in total. The number of thioether (sulfide) groups is 1. The van der Waals surface area contributed by atoms with E-state index in [1.807, 2.05) is 31.2 Å². The van der Waals surface area contributed by atoms with Crippen molar-refractivity contribution in [3.63, 3.8) is 0 Å². The number of carbonyl (C=O) groups is 1. The van der Waals surface area contributed by atoms with Crippen molar-refractivity contribution in [1.82, 2.24) is 9.62 Å². The van der Waals surface area contributed by atoms with Gasteiger partial charge in [-0.2, -0.15) is 4.31 Å². The number of nitrogens with one attached hydrogen (secondary N) is 1. The largest absolute Gasteiger partial charge is 0.348 e. The molecule has 1 amide bonds. The van der Waals surface area contributed by atoms with Gasteiger partial charge in [-0.15, -0.1) is 11.8 Å². The molecule has 0 aliphatic rings. The first kappa shape index (κ1) is 18.0. The molecule has 21 heavy (non-hydrogen) atoms. The fourth-order valence-electron chi connectivity index (χ4n) is 1.71. The van der Waals surface area contributed by atoms with E-state index in [4.69, 9.17) is 0 Å². The van der Waals surface area contributed by atoms with E-state index < -0.39 is 10.0 Å². The summed E-state index contributed by atoms with van der Waals surface area (Å²) in [5, 5.41) is 2.80. The maximum absolute atomic E-state index is 11.8. The number of likely N-dealkylation sites (N-methyl/N-ethyl adjacent to an activating group) is 1. The first-order valence-corrected chi connectivity index (χ1v) is 9.51. The van der Waals surface area contributed by atoms with Crippen molar-refractivity contribution in [1.29, 1.82) is 0 Å². The van der Waals surface area contributed by atoms with Crippen LogP contribution in [0.15, 0.2) is 29.2 Å². The first-order chi connectivity index (χ1) is 9.74. The summed E-state index contributed by atoms with van der Waals surface area (Å²) in [6.07, 6.45) is 1.08. The Morgan fingerprint density at radius 3 is 2.38 bits per heavy atom. The van der Waals surface area contributed by atoms with Crippen LogP contribution in [0.3, 0.4) is 0 Å². The number of nitrogens with zero attached hydrogens (tertiary/aromatic N) is 1. The van der Waals surface area contributed by atoms with Gasteiger partial charge in [0.1, 0.15) is 0 Å². The lowest BCUT2D eigenvalue weighted by atomic mass is 10.1. The van der Waals surface area contributed by atoms with E-state index in [-0.39, 0.29) is 18.5 Å². The van der Waals surface area contributed by atoms with E-state index in [0.29, 0.717) is 0 Å². The Morgan fingerprint density at radius 1 is 1.33 bits per heavy atom. The van der Waals surface area contributed by atoms with Gasteiger partial charge in [0.15, 0.2) is 0 Å². The topological polar surface area (TPSA) is 66.5 Å². The highest BCUT2D eigenvalue weighted by Gasteiger charge is 2.16. The van der Waals surface area contributed by atoms with Gasteiger partial charge < -0.3 is 5.32 Å². The smallest absolute Gasteiger partial charge is 0.235 e. The van der Waals surface area contributed by atoms with Gasteiger partial charge in [-0.3, -0.25) is 4.79 Å². The van der Waals surface area contributed by atoms with Crippen LogP contribution < -0.4 is 5.32 Å². The number of sulfonamides is 1. The summed E-state index contributed by atoms with van der Waals surface area (Å²) in [5.74, 6) is 0.700. The molecule has 7 heteroatoms. The normalized spacial score (nSPS) is 13.2. The molecule has 1 aromatic carbocycles. The summed E-state index contributed by atoms with van der Waals surface area (Å²) < 4.78 is 23.6. The Kier molecular flexibility index (Phi) is 6.70. The molecule has 1 aromatic rings. The number of hydrogen-bond donors (Lipinski definition) is 1. The third-order valence-electron chi connectivity index (χ3n) is 3.00. The molecule has 0 heterocycles. The molecule has 1 unspecified atom stereocenters. The van der Waals surface area contributed by atoms with Crippen molar-refractivity contribution in [2.75, 3.05) is 25.6 Å². The third kappa shape index (κ3) is 6.07. The number of rotatable bonds is 7. The molecule has 0 aliphatic carbocycles. The zero-order chi connectivity index (χ0) is 16.0. The molecule has 118 valence electrons. The number of benzene rings is 1. The Morgan fingerprint density at radius 2 is 1.90 bits per heavy atom. The van der Waals surface area contributed by atoms with Crippen molar-refractivity contribution < 1.29 is 13.2 Å². The van der Waals surface area contributed by atoms with Gasteiger partial charge in [-0.1, -0.05) is 19.1 Å². The van der Waals surface area contributed by atoms with Crippen LogP contribution in [-0.4, -0.2) is 44.2 Å². The molecule has 0 saturated carbocycles. The minimum Gasteiger partial charge on any atom is -0.348 e. The van der Waals surface area contributed by atoms with Crippen LogP contribution in [0.5, 0.6) is 0 Å². The molecule has 0 aliphatic heterocycles. The molecule has 0 radical (unpaired) electrons. The van der Waals surface area contributed by atoms with E-state index in [1.165, 1.54) is 11.9 Å². The molecular weight excluding hydrogens is 308 g/mol. The second kappa shape index (κ2) is 7.82. The predicted molar refractivity (Wildman–Crippen MR) is 86.9 cm³/mol. The lowest BCUT2D eigenvalue weighted by Gasteiger charge is -2.18. The van der Waals surface area contributed by atoms with Crippen LogP contribution in [-0.2, 0) is 14.8 Å². The van der Waals surface area contributed by atoms with Gasteiger partial charge >= 0.3 is 0 Å². The van der Waals surface area contributed by atoms with E-state index in [0.717, 1.165) is 21.9 Å². The van der Waals surface area contributed by atoms with Gasteiger partial charge in [0.2, 0.25) is 15.9 Å². The van der Waals surface area contributed by atoms with Crippen molar-refractivity contribution in [3.8, 4) is 0 Å². The summed E-state index contributed by atoms with van der Waals surface area (Å²) in [5.41, 5.74) is 0.991. The number of amides is 1.